The molecule has 1 unspecified atom stereocenters. The summed E-state index contributed by atoms with van der Waals surface area (Å²) in [5, 5.41) is 13.6. The standard InChI is InChI=1S/C17H21N9O2/c1-12(16-22-15(24-28-16)13-3-2-4-18-9-13)21-17(27)26-7-5-25(6-8-26)10-14-19-11-20-23-14/h2-4,9,11-12H,5-8,10H2,1H3,(H,21,27)(H,19,20,23). The maximum atomic E-state index is 12.6. The van der Waals surface area contributed by atoms with Crippen molar-refractivity contribution in [1.29, 1.82) is 0 Å². The van der Waals surface area contributed by atoms with Crippen LogP contribution < -0.4 is 5.32 Å². The average Bonchev–Trinajstić information content (AvgIpc) is 3.41. The number of aromatic amines is 1. The molecule has 0 radical (unpaired) electrons. The lowest BCUT2D eigenvalue weighted by Gasteiger charge is -2.34. The molecule has 4 rings (SSSR count). The third-order valence-corrected chi connectivity index (χ3v) is 4.57. The second-order valence-corrected chi connectivity index (χ2v) is 6.56. The Hall–Kier alpha value is -3.34. The van der Waals surface area contributed by atoms with Crippen molar-refractivity contribution < 1.29 is 9.32 Å². The first-order valence-corrected chi connectivity index (χ1v) is 9.05. The van der Waals surface area contributed by atoms with Crippen molar-refractivity contribution in [1.82, 2.24) is 45.4 Å². The molecule has 1 fully saturated rings. The van der Waals surface area contributed by atoms with Crippen LogP contribution in [-0.2, 0) is 6.54 Å². The normalized spacial score (nSPS) is 16.1. The van der Waals surface area contributed by atoms with Gasteiger partial charge in [0, 0.05) is 44.1 Å². The van der Waals surface area contributed by atoms with Crippen LogP contribution in [0.1, 0.15) is 24.7 Å². The van der Waals surface area contributed by atoms with Gasteiger partial charge in [-0.2, -0.15) is 10.1 Å². The Balaban J connectivity index is 1.29. The van der Waals surface area contributed by atoms with Crippen LogP contribution in [0.3, 0.4) is 0 Å². The van der Waals surface area contributed by atoms with Crippen LogP contribution in [0.5, 0.6) is 0 Å². The van der Waals surface area contributed by atoms with E-state index in [-0.39, 0.29) is 6.03 Å². The molecule has 0 saturated carbocycles. The second-order valence-electron chi connectivity index (χ2n) is 6.56. The van der Waals surface area contributed by atoms with Crippen molar-refractivity contribution >= 4 is 6.03 Å². The highest BCUT2D eigenvalue weighted by Gasteiger charge is 2.24. The fourth-order valence-electron chi connectivity index (χ4n) is 2.99. The Labute approximate surface area is 161 Å². The summed E-state index contributed by atoms with van der Waals surface area (Å²) in [5.74, 6) is 1.63. The van der Waals surface area contributed by atoms with Crippen LogP contribution in [0.25, 0.3) is 11.4 Å². The molecule has 0 spiro atoms. The van der Waals surface area contributed by atoms with Crippen molar-refractivity contribution in [3.05, 3.63) is 42.6 Å². The lowest BCUT2D eigenvalue weighted by Crippen LogP contribution is -2.51. The quantitative estimate of drug-likeness (QED) is 0.663. The molecule has 4 heterocycles. The van der Waals surface area contributed by atoms with Crippen LogP contribution in [0.4, 0.5) is 4.79 Å². The fraction of sp³-hybridized carbons (Fsp3) is 0.412. The highest BCUT2D eigenvalue weighted by atomic mass is 16.5. The first kappa shape index (κ1) is 18.0. The fourth-order valence-corrected chi connectivity index (χ4v) is 2.99. The van der Waals surface area contributed by atoms with E-state index in [4.69, 9.17) is 4.52 Å². The van der Waals surface area contributed by atoms with Gasteiger partial charge in [0.1, 0.15) is 18.2 Å². The smallest absolute Gasteiger partial charge is 0.318 e. The van der Waals surface area contributed by atoms with E-state index in [1.807, 2.05) is 13.0 Å². The highest BCUT2D eigenvalue weighted by molar-refractivity contribution is 5.74. The van der Waals surface area contributed by atoms with E-state index >= 15 is 0 Å². The minimum atomic E-state index is -0.391. The summed E-state index contributed by atoms with van der Waals surface area (Å²) in [6.45, 7) is 5.33. The maximum absolute atomic E-state index is 12.6. The van der Waals surface area contributed by atoms with E-state index in [9.17, 15) is 4.79 Å². The molecule has 11 nitrogen and oxygen atoms in total. The zero-order chi connectivity index (χ0) is 19.3. The van der Waals surface area contributed by atoms with Gasteiger partial charge >= 0.3 is 6.03 Å². The number of hydrogen-bond acceptors (Lipinski definition) is 8. The van der Waals surface area contributed by atoms with E-state index in [0.717, 1.165) is 24.5 Å². The van der Waals surface area contributed by atoms with E-state index in [0.29, 0.717) is 31.3 Å². The van der Waals surface area contributed by atoms with E-state index in [2.05, 4.69) is 40.5 Å². The summed E-state index contributed by atoms with van der Waals surface area (Å²) in [7, 11) is 0. The second kappa shape index (κ2) is 8.13. The summed E-state index contributed by atoms with van der Waals surface area (Å²) < 4.78 is 5.30. The molecule has 1 aliphatic heterocycles. The number of carbonyl (C=O) groups is 1. The average molecular weight is 383 g/mol. The third-order valence-electron chi connectivity index (χ3n) is 4.57. The molecule has 11 heteroatoms. The molecule has 1 atom stereocenters. The number of amides is 2. The number of hydrogen-bond donors (Lipinski definition) is 2. The molecule has 0 aromatic carbocycles. The first-order chi connectivity index (χ1) is 13.7. The van der Waals surface area contributed by atoms with Crippen molar-refractivity contribution in [3.8, 4) is 11.4 Å². The van der Waals surface area contributed by atoms with Crippen molar-refractivity contribution in [2.75, 3.05) is 26.2 Å². The van der Waals surface area contributed by atoms with Crippen LogP contribution >= 0.6 is 0 Å². The van der Waals surface area contributed by atoms with Gasteiger partial charge in [0.05, 0.1) is 6.54 Å². The molecular weight excluding hydrogens is 362 g/mol. The van der Waals surface area contributed by atoms with E-state index in [1.54, 1.807) is 23.4 Å². The number of rotatable bonds is 5. The van der Waals surface area contributed by atoms with Crippen LogP contribution in [0.15, 0.2) is 35.4 Å². The minimum Gasteiger partial charge on any atom is -0.337 e. The van der Waals surface area contributed by atoms with Gasteiger partial charge in [-0.15, -0.1) is 0 Å². The molecule has 1 saturated heterocycles. The maximum Gasteiger partial charge on any atom is 0.318 e. The molecule has 2 N–H and O–H groups in total. The number of H-pyrrole nitrogens is 1. The molecule has 0 bridgehead atoms. The first-order valence-electron chi connectivity index (χ1n) is 9.05. The topological polar surface area (TPSA) is 129 Å². The van der Waals surface area contributed by atoms with Gasteiger partial charge in [-0.3, -0.25) is 15.0 Å². The SMILES string of the molecule is CC(NC(=O)N1CCN(Cc2ncn[nH]2)CC1)c1nc(-c2cccnc2)no1. The third kappa shape index (κ3) is 4.14. The predicted molar refractivity (Wildman–Crippen MR) is 97.7 cm³/mol. The van der Waals surface area contributed by atoms with Crippen LogP contribution in [0.2, 0.25) is 0 Å². The number of aromatic nitrogens is 6. The number of nitrogens with one attached hydrogen (secondary N) is 2. The Morgan fingerprint density at radius 2 is 2.21 bits per heavy atom. The largest absolute Gasteiger partial charge is 0.337 e. The van der Waals surface area contributed by atoms with Gasteiger partial charge in [0.2, 0.25) is 11.7 Å². The summed E-state index contributed by atoms with van der Waals surface area (Å²) in [5.41, 5.74) is 0.763. The molecule has 28 heavy (non-hydrogen) atoms. The predicted octanol–water partition coefficient (Wildman–Crippen LogP) is 0.838. The zero-order valence-electron chi connectivity index (χ0n) is 15.4. The number of nitrogens with zero attached hydrogens (tertiary/aromatic N) is 7. The molecule has 0 aliphatic carbocycles. The van der Waals surface area contributed by atoms with Crippen molar-refractivity contribution in [2.45, 2.75) is 19.5 Å². The number of piperazine rings is 1. The monoisotopic (exact) mass is 383 g/mol. The molecule has 146 valence electrons. The van der Waals surface area contributed by atoms with E-state index in [1.165, 1.54) is 6.33 Å². The Morgan fingerprint density at radius 3 is 2.93 bits per heavy atom. The van der Waals surface area contributed by atoms with E-state index < -0.39 is 6.04 Å². The number of pyridine rings is 1. The summed E-state index contributed by atoms with van der Waals surface area (Å²) >= 11 is 0. The highest BCUT2D eigenvalue weighted by Crippen LogP contribution is 2.18. The van der Waals surface area contributed by atoms with Gasteiger partial charge in [0.25, 0.3) is 0 Å². The van der Waals surface area contributed by atoms with Gasteiger partial charge in [-0.05, 0) is 19.1 Å². The number of carbonyl (C=O) groups excluding carboxylic acids is 1. The summed E-state index contributed by atoms with van der Waals surface area (Å²) in [6.07, 6.45) is 4.84. The minimum absolute atomic E-state index is 0.145. The molecular formula is C17H21N9O2. The summed E-state index contributed by atoms with van der Waals surface area (Å²) in [4.78, 5) is 29.1. The number of urea groups is 1. The Bertz CT molecular complexity index is 889. The Kier molecular flexibility index (Phi) is 5.24. The Morgan fingerprint density at radius 1 is 1.36 bits per heavy atom. The molecule has 1 aliphatic rings. The van der Waals surface area contributed by atoms with Crippen LogP contribution in [-0.4, -0.2) is 72.3 Å². The van der Waals surface area contributed by atoms with Gasteiger partial charge < -0.3 is 14.7 Å². The van der Waals surface area contributed by atoms with Crippen molar-refractivity contribution in [3.63, 3.8) is 0 Å². The summed E-state index contributed by atoms with van der Waals surface area (Å²) in [6, 6.07) is 3.12. The van der Waals surface area contributed by atoms with Gasteiger partial charge in [-0.1, -0.05) is 5.16 Å². The van der Waals surface area contributed by atoms with Crippen LogP contribution in [0, 0.1) is 0 Å². The lowest BCUT2D eigenvalue weighted by molar-refractivity contribution is 0.131. The molecule has 2 amide bonds. The molecule has 3 aromatic heterocycles. The van der Waals surface area contributed by atoms with Gasteiger partial charge in [-0.25, -0.2) is 9.78 Å². The zero-order valence-corrected chi connectivity index (χ0v) is 15.4. The lowest BCUT2D eigenvalue weighted by atomic mass is 10.3. The molecule has 3 aromatic rings. The van der Waals surface area contributed by atoms with Crippen molar-refractivity contribution in [2.24, 2.45) is 0 Å². The van der Waals surface area contributed by atoms with Gasteiger partial charge in [0.15, 0.2) is 0 Å².